The van der Waals surface area contributed by atoms with Crippen LogP contribution in [-0.2, 0) is 11.3 Å². The van der Waals surface area contributed by atoms with E-state index in [9.17, 15) is 4.79 Å². The second-order valence-corrected chi connectivity index (χ2v) is 6.67. The number of nitrogens with zero attached hydrogens (tertiary/aromatic N) is 5. The second kappa shape index (κ2) is 6.70. The van der Waals surface area contributed by atoms with Gasteiger partial charge in [-0.25, -0.2) is 9.97 Å². The van der Waals surface area contributed by atoms with Crippen LogP contribution in [0, 0.1) is 5.92 Å². The summed E-state index contributed by atoms with van der Waals surface area (Å²) in [4.78, 5) is 22.9. The minimum absolute atomic E-state index is 0.0149. The van der Waals surface area contributed by atoms with Crippen LogP contribution in [0.25, 0.3) is 0 Å². The molecule has 2 aromatic heterocycles. The van der Waals surface area contributed by atoms with Gasteiger partial charge in [0.2, 0.25) is 11.8 Å². The third-order valence-corrected chi connectivity index (χ3v) is 4.75. The Morgan fingerprint density at radius 1 is 1.40 bits per heavy atom. The van der Waals surface area contributed by atoms with E-state index >= 15 is 0 Å². The van der Waals surface area contributed by atoms with Crippen molar-refractivity contribution in [2.75, 3.05) is 25.1 Å². The van der Waals surface area contributed by atoms with Crippen molar-refractivity contribution in [3.8, 4) is 5.88 Å². The van der Waals surface area contributed by atoms with Crippen LogP contribution in [0.4, 0.5) is 5.82 Å². The number of hydrogen-bond donors (Lipinski definition) is 1. The number of nitrogens with one attached hydrogen (secondary N) is 1. The Kier molecular flexibility index (Phi) is 4.25. The lowest BCUT2D eigenvalue weighted by atomic mass is 10.1. The molecule has 1 aliphatic carbocycles. The molecule has 1 fully saturated rings. The maximum absolute atomic E-state index is 12.3. The fourth-order valence-electron chi connectivity index (χ4n) is 3.19. The Balaban J connectivity index is 1.49. The molecule has 0 spiro atoms. The number of fused-ring (bicyclic) bond motifs is 1. The van der Waals surface area contributed by atoms with Gasteiger partial charge in [-0.2, -0.15) is 5.10 Å². The Labute approximate surface area is 146 Å². The molecule has 1 aliphatic heterocycles. The molecule has 0 saturated heterocycles. The van der Waals surface area contributed by atoms with Gasteiger partial charge in [0.15, 0.2) is 0 Å². The average Bonchev–Trinajstić information content (AvgIpc) is 3.35. The Bertz CT molecular complexity index is 757. The van der Waals surface area contributed by atoms with Crippen LogP contribution in [0.3, 0.4) is 0 Å². The molecule has 0 radical (unpaired) electrons. The lowest BCUT2D eigenvalue weighted by molar-refractivity contribution is -0.122. The molecule has 0 aromatic carbocycles. The predicted octanol–water partition coefficient (Wildman–Crippen LogP) is 1.16. The molecule has 1 amide bonds. The van der Waals surface area contributed by atoms with Gasteiger partial charge in [-0.05, 0) is 24.8 Å². The Hall–Kier alpha value is -2.64. The SMILES string of the molecule is COc1cc(N2Cc3ccnn3[C@H](CC(=O)NCC3CC3)C2)ncn1. The minimum atomic E-state index is -0.0149. The number of carbonyl (C=O) groups is 1. The zero-order valence-corrected chi connectivity index (χ0v) is 14.3. The number of ether oxygens (including phenoxy) is 1. The first-order valence-electron chi connectivity index (χ1n) is 8.63. The molecule has 2 aliphatic rings. The normalized spacial score (nSPS) is 19.4. The van der Waals surface area contributed by atoms with Crippen LogP contribution < -0.4 is 15.0 Å². The van der Waals surface area contributed by atoms with E-state index in [1.165, 1.54) is 19.2 Å². The zero-order chi connectivity index (χ0) is 17.2. The van der Waals surface area contributed by atoms with Gasteiger partial charge in [-0.3, -0.25) is 9.48 Å². The van der Waals surface area contributed by atoms with Crippen molar-refractivity contribution in [2.24, 2.45) is 5.92 Å². The smallest absolute Gasteiger partial charge is 0.222 e. The standard InChI is InChI=1S/C17H22N6O2/c1-25-17-7-15(19-11-20-17)22-9-13-4-5-21-23(13)14(10-22)6-16(24)18-8-12-2-3-12/h4-5,7,11-12,14H,2-3,6,8-10H2,1H3,(H,18,24)/t14-/m1/s1. The summed E-state index contributed by atoms with van der Waals surface area (Å²) in [6.07, 6.45) is 6.17. The van der Waals surface area contributed by atoms with E-state index in [2.05, 4.69) is 25.3 Å². The van der Waals surface area contributed by atoms with Gasteiger partial charge in [-0.15, -0.1) is 0 Å². The van der Waals surface area contributed by atoms with E-state index in [4.69, 9.17) is 4.74 Å². The highest BCUT2D eigenvalue weighted by molar-refractivity contribution is 5.76. The summed E-state index contributed by atoms with van der Waals surface area (Å²) in [5.41, 5.74) is 1.07. The monoisotopic (exact) mass is 342 g/mol. The third-order valence-electron chi connectivity index (χ3n) is 4.75. The van der Waals surface area contributed by atoms with Gasteiger partial charge in [0, 0.05) is 25.4 Å². The molecule has 8 nitrogen and oxygen atoms in total. The van der Waals surface area contributed by atoms with E-state index in [1.54, 1.807) is 13.3 Å². The third kappa shape index (κ3) is 3.57. The maximum Gasteiger partial charge on any atom is 0.222 e. The number of aromatic nitrogens is 4. The first-order chi connectivity index (χ1) is 12.2. The molecule has 2 aromatic rings. The van der Waals surface area contributed by atoms with Crippen LogP contribution in [0.5, 0.6) is 5.88 Å². The number of methoxy groups -OCH3 is 1. The Morgan fingerprint density at radius 3 is 3.08 bits per heavy atom. The predicted molar refractivity (Wildman–Crippen MR) is 91.2 cm³/mol. The number of hydrogen-bond acceptors (Lipinski definition) is 6. The van der Waals surface area contributed by atoms with Gasteiger partial charge in [0.05, 0.1) is 31.8 Å². The summed E-state index contributed by atoms with van der Waals surface area (Å²) < 4.78 is 7.16. The lowest BCUT2D eigenvalue weighted by Gasteiger charge is -2.34. The summed E-state index contributed by atoms with van der Waals surface area (Å²) in [5, 5.41) is 7.46. The van der Waals surface area contributed by atoms with Crippen molar-refractivity contribution in [3.63, 3.8) is 0 Å². The zero-order valence-electron chi connectivity index (χ0n) is 14.3. The Morgan fingerprint density at radius 2 is 2.28 bits per heavy atom. The minimum Gasteiger partial charge on any atom is -0.481 e. The highest BCUT2D eigenvalue weighted by atomic mass is 16.5. The van der Waals surface area contributed by atoms with Crippen LogP contribution in [0.1, 0.15) is 31.0 Å². The van der Waals surface area contributed by atoms with Crippen molar-refractivity contribution < 1.29 is 9.53 Å². The topological polar surface area (TPSA) is 85.2 Å². The van der Waals surface area contributed by atoms with E-state index in [-0.39, 0.29) is 11.9 Å². The van der Waals surface area contributed by atoms with Gasteiger partial charge < -0.3 is 15.0 Å². The highest BCUT2D eigenvalue weighted by Crippen LogP contribution is 2.29. The molecule has 1 saturated carbocycles. The highest BCUT2D eigenvalue weighted by Gasteiger charge is 2.29. The fourth-order valence-corrected chi connectivity index (χ4v) is 3.19. The van der Waals surface area contributed by atoms with Gasteiger partial charge in [0.25, 0.3) is 0 Å². The molecule has 8 heteroatoms. The van der Waals surface area contributed by atoms with Crippen LogP contribution in [0.15, 0.2) is 24.7 Å². The summed E-state index contributed by atoms with van der Waals surface area (Å²) in [6, 6.07) is 3.79. The van der Waals surface area contributed by atoms with Crippen molar-refractivity contribution in [1.82, 2.24) is 25.1 Å². The number of anilines is 1. The van der Waals surface area contributed by atoms with Crippen molar-refractivity contribution in [3.05, 3.63) is 30.4 Å². The first-order valence-corrected chi connectivity index (χ1v) is 8.63. The molecular weight excluding hydrogens is 320 g/mol. The van der Waals surface area contributed by atoms with Gasteiger partial charge in [0.1, 0.15) is 12.1 Å². The molecule has 4 rings (SSSR count). The molecule has 3 heterocycles. The summed E-state index contributed by atoms with van der Waals surface area (Å²) >= 11 is 0. The molecule has 0 bridgehead atoms. The summed E-state index contributed by atoms with van der Waals surface area (Å²) in [6.45, 7) is 2.16. The first kappa shape index (κ1) is 15.9. The van der Waals surface area contributed by atoms with E-state index in [0.717, 1.165) is 18.1 Å². The van der Waals surface area contributed by atoms with Crippen LogP contribution in [0.2, 0.25) is 0 Å². The van der Waals surface area contributed by atoms with Gasteiger partial charge >= 0.3 is 0 Å². The van der Waals surface area contributed by atoms with Crippen LogP contribution in [-0.4, -0.2) is 45.9 Å². The van der Waals surface area contributed by atoms with Crippen molar-refractivity contribution in [1.29, 1.82) is 0 Å². The van der Waals surface area contributed by atoms with E-state index in [1.807, 2.05) is 16.8 Å². The van der Waals surface area contributed by atoms with Gasteiger partial charge in [-0.1, -0.05) is 0 Å². The van der Waals surface area contributed by atoms with Crippen molar-refractivity contribution in [2.45, 2.75) is 31.8 Å². The molecular formula is C17H22N6O2. The number of rotatable bonds is 6. The summed E-state index contributed by atoms with van der Waals surface area (Å²) in [5.74, 6) is 2.09. The number of amides is 1. The molecule has 132 valence electrons. The summed E-state index contributed by atoms with van der Waals surface area (Å²) in [7, 11) is 1.59. The lowest BCUT2D eigenvalue weighted by Crippen LogP contribution is -2.40. The maximum atomic E-state index is 12.3. The van der Waals surface area contributed by atoms with Crippen LogP contribution >= 0.6 is 0 Å². The van der Waals surface area contributed by atoms with Crippen molar-refractivity contribution >= 4 is 11.7 Å². The molecule has 1 N–H and O–H groups in total. The van der Waals surface area contributed by atoms with E-state index in [0.29, 0.717) is 31.3 Å². The largest absolute Gasteiger partial charge is 0.481 e. The molecule has 0 unspecified atom stereocenters. The molecule has 25 heavy (non-hydrogen) atoms. The average molecular weight is 342 g/mol. The molecule has 1 atom stereocenters. The van der Waals surface area contributed by atoms with E-state index < -0.39 is 0 Å². The number of carbonyl (C=O) groups excluding carboxylic acids is 1. The second-order valence-electron chi connectivity index (χ2n) is 6.67. The fraction of sp³-hybridized carbons (Fsp3) is 0.529. The quantitative estimate of drug-likeness (QED) is 0.848.